The van der Waals surface area contributed by atoms with Gasteiger partial charge >= 0.3 is 0 Å². The van der Waals surface area contributed by atoms with Crippen molar-refractivity contribution in [1.29, 1.82) is 0 Å². The molecule has 0 saturated heterocycles. The van der Waals surface area contributed by atoms with Gasteiger partial charge in [0, 0.05) is 11.3 Å². The molecular formula is C16H15FN4OS. The minimum atomic E-state index is -0.317. The van der Waals surface area contributed by atoms with Gasteiger partial charge in [0.05, 0.1) is 5.52 Å². The first-order chi connectivity index (χ1) is 11.3. The smallest absolute Gasteiger partial charge is 0.282 e. The summed E-state index contributed by atoms with van der Waals surface area (Å²) in [6.07, 6.45) is 7.38. The molecule has 0 N–H and O–H groups in total. The lowest BCUT2D eigenvalue weighted by Gasteiger charge is -2.17. The lowest BCUT2D eigenvalue weighted by molar-refractivity contribution is 0.334. The third kappa shape index (κ3) is 3.06. The SMILES string of the molecule is Fc1ccc2ncnc(Sc3nnc(C4CCCCC4)o3)c2c1. The summed E-state index contributed by atoms with van der Waals surface area (Å²) in [5.74, 6) is 0.754. The zero-order valence-electron chi connectivity index (χ0n) is 12.4. The summed E-state index contributed by atoms with van der Waals surface area (Å²) < 4.78 is 19.3. The van der Waals surface area contributed by atoms with Gasteiger partial charge in [0.25, 0.3) is 5.22 Å². The molecule has 1 aliphatic rings. The van der Waals surface area contributed by atoms with E-state index in [2.05, 4.69) is 20.2 Å². The highest BCUT2D eigenvalue weighted by Crippen LogP contribution is 2.35. The van der Waals surface area contributed by atoms with Crippen LogP contribution in [0.1, 0.15) is 43.9 Å². The van der Waals surface area contributed by atoms with E-state index in [0.29, 0.717) is 33.0 Å². The van der Waals surface area contributed by atoms with Gasteiger partial charge < -0.3 is 4.42 Å². The Morgan fingerprint density at radius 3 is 2.83 bits per heavy atom. The molecule has 4 rings (SSSR count). The lowest BCUT2D eigenvalue weighted by atomic mass is 9.89. The van der Waals surface area contributed by atoms with Crippen LogP contribution in [0.4, 0.5) is 4.39 Å². The molecule has 3 aromatic rings. The number of halogens is 1. The first-order valence-corrected chi connectivity index (χ1v) is 8.53. The minimum absolute atomic E-state index is 0.317. The van der Waals surface area contributed by atoms with Crippen LogP contribution in [0.3, 0.4) is 0 Å². The Labute approximate surface area is 136 Å². The van der Waals surface area contributed by atoms with Crippen molar-refractivity contribution in [3.05, 3.63) is 36.2 Å². The van der Waals surface area contributed by atoms with E-state index in [1.165, 1.54) is 49.5 Å². The van der Waals surface area contributed by atoms with Crippen LogP contribution in [-0.4, -0.2) is 20.2 Å². The van der Waals surface area contributed by atoms with Gasteiger partial charge in [-0.25, -0.2) is 14.4 Å². The zero-order valence-corrected chi connectivity index (χ0v) is 13.2. The third-order valence-electron chi connectivity index (χ3n) is 4.12. The zero-order chi connectivity index (χ0) is 15.6. The molecule has 0 spiro atoms. The predicted molar refractivity (Wildman–Crippen MR) is 83.7 cm³/mol. The largest absolute Gasteiger partial charge is 0.415 e. The number of nitrogens with zero attached hydrogens (tertiary/aromatic N) is 4. The van der Waals surface area contributed by atoms with Crippen molar-refractivity contribution < 1.29 is 8.81 Å². The Hall–Kier alpha value is -2.02. The number of fused-ring (bicyclic) bond motifs is 1. The van der Waals surface area contributed by atoms with E-state index in [1.54, 1.807) is 6.07 Å². The van der Waals surface area contributed by atoms with E-state index in [1.807, 2.05) is 0 Å². The van der Waals surface area contributed by atoms with Gasteiger partial charge in [0.1, 0.15) is 17.2 Å². The maximum absolute atomic E-state index is 13.5. The van der Waals surface area contributed by atoms with Crippen LogP contribution in [0.15, 0.2) is 39.2 Å². The number of rotatable bonds is 3. The molecule has 0 amide bonds. The van der Waals surface area contributed by atoms with E-state index >= 15 is 0 Å². The van der Waals surface area contributed by atoms with Gasteiger partial charge in [-0.2, -0.15) is 0 Å². The van der Waals surface area contributed by atoms with Crippen LogP contribution >= 0.6 is 11.8 Å². The highest BCUT2D eigenvalue weighted by molar-refractivity contribution is 7.99. The molecule has 0 unspecified atom stereocenters. The molecule has 118 valence electrons. The standard InChI is InChI=1S/C16H15FN4OS/c17-11-6-7-13-12(8-11)15(19-9-18-13)23-16-21-20-14(22-16)10-4-2-1-3-5-10/h6-10H,1-5H2. The van der Waals surface area contributed by atoms with E-state index in [4.69, 9.17) is 4.42 Å². The molecule has 0 aliphatic heterocycles. The van der Waals surface area contributed by atoms with Gasteiger partial charge in [-0.05, 0) is 42.8 Å². The van der Waals surface area contributed by atoms with Crippen LogP contribution in [-0.2, 0) is 0 Å². The molecule has 1 saturated carbocycles. The van der Waals surface area contributed by atoms with Gasteiger partial charge in [0.15, 0.2) is 0 Å². The lowest BCUT2D eigenvalue weighted by Crippen LogP contribution is -2.04. The highest BCUT2D eigenvalue weighted by Gasteiger charge is 2.22. The Bertz CT molecular complexity index is 832. The summed E-state index contributed by atoms with van der Waals surface area (Å²) >= 11 is 1.25. The number of hydrogen-bond acceptors (Lipinski definition) is 6. The van der Waals surface area contributed by atoms with E-state index in [0.717, 1.165) is 12.8 Å². The van der Waals surface area contributed by atoms with E-state index in [9.17, 15) is 4.39 Å². The highest BCUT2D eigenvalue weighted by atomic mass is 32.2. The average molecular weight is 330 g/mol. The summed E-state index contributed by atoms with van der Waals surface area (Å²) in [6.45, 7) is 0. The molecule has 2 heterocycles. The third-order valence-corrected chi connectivity index (χ3v) is 4.98. The van der Waals surface area contributed by atoms with Crippen molar-refractivity contribution in [2.24, 2.45) is 0 Å². The van der Waals surface area contributed by atoms with Crippen molar-refractivity contribution in [1.82, 2.24) is 20.2 Å². The normalized spacial score (nSPS) is 16.0. The second kappa shape index (κ2) is 6.23. The molecule has 7 heteroatoms. The molecule has 0 bridgehead atoms. The molecule has 0 radical (unpaired) electrons. The molecule has 23 heavy (non-hydrogen) atoms. The van der Waals surface area contributed by atoms with Crippen molar-refractivity contribution in [3.63, 3.8) is 0 Å². The fraction of sp³-hybridized carbons (Fsp3) is 0.375. The number of aromatic nitrogens is 4. The molecule has 1 aromatic carbocycles. The van der Waals surface area contributed by atoms with Crippen LogP contribution in [0.5, 0.6) is 0 Å². The molecule has 1 fully saturated rings. The van der Waals surface area contributed by atoms with Crippen molar-refractivity contribution in [2.45, 2.75) is 48.3 Å². The second-order valence-electron chi connectivity index (χ2n) is 5.68. The second-order valence-corrected chi connectivity index (χ2v) is 6.62. The summed E-state index contributed by atoms with van der Waals surface area (Å²) in [4.78, 5) is 8.37. The summed E-state index contributed by atoms with van der Waals surface area (Å²) in [7, 11) is 0. The average Bonchev–Trinajstić information content (AvgIpc) is 3.05. The molecular weight excluding hydrogens is 315 g/mol. The van der Waals surface area contributed by atoms with E-state index < -0.39 is 0 Å². The van der Waals surface area contributed by atoms with Crippen LogP contribution in [0, 0.1) is 5.82 Å². The Balaban J connectivity index is 1.61. The van der Waals surface area contributed by atoms with Crippen LogP contribution < -0.4 is 0 Å². The predicted octanol–water partition coefficient (Wildman–Crippen LogP) is 4.35. The molecule has 0 atom stereocenters. The molecule has 5 nitrogen and oxygen atoms in total. The Kier molecular flexibility index (Phi) is 3.95. The van der Waals surface area contributed by atoms with Gasteiger partial charge in [-0.1, -0.05) is 19.3 Å². The monoisotopic (exact) mass is 330 g/mol. The first-order valence-electron chi connectivity index (χ1n) is 7.71. The Morgan fingerprint density at radius 2 is 1.96 bits per heavy atom. The summed E-state index contributed by atoms with van der Waals surface area (Å²) in [5.41, 5.74) is 0.691. The Morgan fingerprint density at radius 1 is 1.09 bits per heavy atom. The van der Waals surface area contributed by atoms with E-state index in [-0.39, 0.29) is 5.82 Å². The summed E-state index contributed by atoms with van der Waals surface area (Å²) in [5, 5.41) is 9.99. The van der Waals surface area contributed by atoms with Crippen molar-refractivity contribution in [2.75, 3.05) is 0 Å². The number of hydrogen-bond donors (Lipinski definition) is 0. The topological polar surface area (TPSA) is 64.7 Å². The quantitative estimate of drug-likeness (QED) is 0.665. The first kappa shape index (κ1) is 14.6. The maximum atomic E-state index is 13.5. The van der Waals surface area contributed by atoms with Crippen molar-refractivity contribution in [3.8, 4) is 0 Å². The van der Waals surface area contributed by atoms with Gasteiger partial charge in [0.2, 0.25) is 5.89 Å². The maximum Gasteiger partial charge on any atom is 0.282 e. The van der Waals surface area contributed by atoms with Crippen LogP contribution in [0.2, 0.25) is 0 Å². The van der Waals surface area contributed by atoms with Gasteiger partial charge in [-0.3, -0.25) is 0 Å². The fourth-order valence-corrected chi connectivity index (χ4v) is 3.69. The van der Waals surface area contributed by atoms with Crippen molar-refractivity contribution >= 4 is 22.7 Å². The fourth-order valence-electron chi connectivity index (χ4n) is 2.95. The molecule has 2 aromatic heterocycles. The van der Waals surface area contributed by atoms with Gasteiger partial charge in [-0.15, -0.1) is 10.2 Å². The summed E-state index contributed by atoms with van der Waals surface area (Å²) in [6, 6.07) is 4.45. The van der Waals surface area contributed by atoms with Crippen LogP contribution in [0.25, 0.3) is 10.9 Å². The number of benzene rings is 1. The minimum Gasteiger partial charge on any atom is -0.415 e. The molecule has 1 aliphatic carbocycles.